The summed E-state index contributed by atoms with van der Waals surface area (Å²) in [4.78, 5) is 66.3. The van der Waals surface area contributed by atoms with Crippen LogP contribution in [0.15, 0.2) is 66.7 Å². The number of aliphatic carboxylic acids is 1. The van der Waals surface area contributed by atoms with Crippen molar-refractivity contribution in [3.05, 3.63) is 89.2 Å². The van der Waals surface area contributed by atoms with Gasteiger partial charge in [-0.15, -0.1) is 10.2 Å². The molecule has 0 spiro atoms. The molecule has 58 heavy (non-hydrogen) atoms. The second-order valence-electron chi connectivity index (χ2n) is 16.3. The fourth-order valence-corrected chi connectivity index (χ4v) is 6.91. The molecule has 4 amide bonds. The molecule has 4 aromatic rings. The third-order valence-electron chi connectivity index (χ3n) is 9.93. The van der Waals surface area contributed by atoms with E-state index >= 15 is 0 Å². The number of alkyl carbamates (subject to hydrolysis) is 1. The highest BCUT2D eigenvalue weighted by molar-refractivity contribution is 5.98. The molecule has 0 bridgehead atoms. The lowest BCUT2D eigenvalue weighted by molar-refractivity contribution is -0.137. The third-order valence-corrected chi connectivity index (χ3v) is 9.93. The first-order valence-electron chi connectivity index (χ1n) is 19.9. The van der Waals surface area contributed by atoms with Gasteiger partial charge in [0, 0.05) is 48.2 Å². The first-order valence-corrected chi connectivity index (χ1v) is 19.9. The van der Waals surface area contributed by atoms with Crippen LogP contribution in [0.2, 0.25) is 0 Å². The first-order chi connectivity index (χ1) is 27.5. The van der Waals surface area contributed by atoms with Crippen molar-refractivity contribution in [1.82, 2.24) is 31.1 Å². The number of hydrogen-bond donors (Lipinski definition) is 6. The molecule has 5 rings (SSSR count). The average molecular weight is 794 g/mol. The molecule has 1 aliphatic carbocycles. The van der Waals surface area contributed by atoms with Gasteiger partial charge >= 0.3 is 12.1 Å². The molecule has 0 unspecified atom stereocenters. The molecule has 1 aliphatic rings. The van der Waals surface area contributed by atoms with Gasteiger partial charge in [-0.1, -0.05) is 30.3 Å². The molecule has 0 saturated heterocycles. The number of carboxylic acid groups (broad SMARTS) is 1. The minimum absolute atomic E-state index is 0.0317. The Morgan fingerprint density at radius 1 is 0.879 bits per heavy atom. The van der Waals surface area contributed by atoms with Gasteiger partial charge in [0.1, 0.15) is 17.5 Å². The molecule has 14 heteroatoms. The number of nitrogens with one attached hydrogen (secondary N) is 5. The summed E-state index contributed by atoms with van der Waals surface area (Å²) >= 11 is 0. The van der Waals surface area contributed by atoms with Gasteiger partial charge in [0.05, 0.1) is 6.42 Å². The van der Waals surface area contributed by atoms with E-state index in [4.69, 9.17) is 9.84 Å². The number of H-pyrrole nitrogens is 1. The zero-order valence-corrected chi connectivity index (χ0v) is 34.1. The van der Waals surface area contributed by atoms with Crippen molar-refractivity contribution < 1.29 is 33.8 Å². The summed E-state index contributed by atoms with van der Waals surface area (Å²) < 4.78 is 5.36. The van der Waals surface area contributed by atoms with Crippen molar-refractivity contribution in [3.63, 3.8) is 0 Å². The predicted octanol–water partition coefficient (Wildman–Crippen LogP) is 6.60. The molecule has 3 aromatic carbocycles. The molecular weight excluding hydrogens is 739 g/mol. The number of nitrogens with zero attached hydrogens (tertiary/aromatic N) is 2. The van der Waals surface area contributed by atoms with E-state index in [1.807, 2.05) is 84.0 Å². The predicted molar refractivity (Wildman–Crippen MR) is 221 cm³/mol. The second kappa shape index (κ2) is 19.4. The number of aromatic amines is 1. The molecular formula is C44H55N7O7. The minimum atomic E-state index is -0.924. The van der Waals surface area contributed by atoms with Gasteiger partial charge in [0.15, 0.2) is 5.82 Å². The quantitative estimate of drug-likeness (QED) is 0.0766. The molecule has 1 fully saturated rings. The zero-order chi connectivity index (χ0) is 42.0. The summed E-state index contributed by atoms with van der Waals surface area (Å²) in [5.74, 6) is -0.713. The maximum absolute atomic E-state index is 13.9. The van der Waals surface area contributed by atoms with Crippen LogP contribution >= 0.6 is 0 Å². The van der Waals surface area contributed by atoms with Gasteiger partial charge in [-0.3, -0.25) is 19.2 Å². The first kappa shape index (κ1) is 43.1. The average Bonchev–Trinajstić information content (AvgIpc) is 3.65. The Morgan fingerprint density at radius 2 is 1.55 bits per heavy atom. The number of aromatic nitrogens is 3. The molecule has 0 radical (unpaired) electrons. The summed E-state index contributed by atoms with van der Waals surface area (Å²) in [6, 6.07) is 19.6. The Balaban J connectivity index is 1.26. The van der Waals surface area contributed by atoms with Crippen molar-refractivity contribution in [2.24, 2.45) is 11.8 Å². The summed E-state index contributed by atoms with van der Waals surface area (Å²) in [5.41, 5.74) is 4.99. The fourth-order valence-electron chi connectivity index (χ4n) is 6.91. The molecule has 308 valence electrons. The fraction of sp³-hybridized carbons (Fsp3) is 0.432. The highest BCUT2D eigenvalue weighted by atomic mass is 16.6. The molecule has 6 N–H and O–H groups in total. The monoisotopic (exact) mass is 793 g/mol. The van der Waals surface area contributed by atoms with Crippen LogP contribution < -0.4 is 21.3 Å². The number of carboxylic acids is 1. The maximum Gasteiger partial charge on any atom is 0.407 e. The smallest absolute Gasteiger partial charge is 0.407 e. The Labute approximate surface area is 339 Å². The Morgan fingerprint density at radius 3 is 2.17 bits per heavy atom. The third kappa shape index (κ3) is 12.7. The Bertz CT molecular complexity index is 2060. The highest BCUT2D eigenvalue weighted by Gasteiger charge is 2.30. The van der Waals surface area contributed by atoms with Crippen molar-refractivity contribution >= 4 is 35.5 Å². The van der Waals surface area contributed by atoms with Gasteiger partial charge in [0.25, 0.3) is 5.91 Å². The minimum Gasteiger partial charge on any atom is -0.481 e. The highest BCUT2D eigenvalue weighted by Crippen LogP contribution is 2.30. The van der Waals surface area contributed by atoms with E-state index in [0.717, 1.165) is 35.1 Å². The molecule has 1 atom stereocenters. The van der Waals surface area contributed by atoms with E-state index in [0.29, 0.717) is 47.8 Å². The number of benzene rings is 3. The molecule has 1 aromatic heterocycles. The normalized spacial score (nSPS) is 15.9. The van der Waals surface area contributed by atoms with E-state index in [9.17, 15) is 24.0 Å². The van der Waals surface area contributed by atoms with Crippen LogP contribution in [0.4, 0.5) is 10.5 Å². The second-order valence-corrected chi connectivity index (χ2v) is 16.3. The van der Waals surface area contributed by atoms with Crippen LogP contribution in [-0.4, -0.2) is 74.3 Å². The Kier molecular flexibility index (Phi) is 14.4. The largest absolute Gasteiger partial charge is 0.481 e. The topological polar surface area (TPSA) is 204 Å². The molecule has 0 aliphatic heterocycles. The lowest BCUT2D eigenvalue weighted by Crippen LogP contribution is -2.48. The molecule has 1 heterocycles. The van der Waals surface area contributed by atoms with E-state index < -0.39 is 23.7 Å². The van der Waals surface area contributed by atoms with Crippen molar-refractivity contribution in [3.8, 4) is 22.5 Å². The summed E-state index contributed by atoms with van der Waals surface area (Å²) in [7, 11) is 0. The van der Waals surface area contributed by atoms with Crippen LogP contribution in [0.3, 0.4) is 0 Å². The lowest BCUT2D eigenvalue weighted by Gasteiger charge is -2.29. The van der Waals surface area contributed by atoms with E-state index in [1.54, 1.807) is 24.3 Å². The standard InChI is InChI=1S/C44H55N7O7/c1-26(2)46-41(55)33-17-20-35(27(3)23-33)30-11-7-28(8-12-30)24-36(48-40(54)32-13-9-29(10-14-32)25-45-43(57)58-44(4,5)6)42(56)47-34-18-15-31(16-19-34)39-49-37(50-51-39)21-22-38(52)53/h7-8,11-12,15-20,23,26,29,32,36H,9-10,13-14,21-22,24-25H2,1-6H3,(H,45,57)(H,46,55)(H,47,56)(H,48,54)(H,52,53)(H,49,50,51)/t29-,32-,36-/m0/s1. The lowest BCUT2D eigenvalue weighted by atomic mass is 9.81. The number of ether oxygens (including phenoxy) is 1. The Hall–Kier alpha value is -6.05. The number of rotatable bonds is 15. The summed E-state index contributed by atoms with van der Waals surface area (Å²) in [6.07, 6.45) is 2.73. The van der Waals surface area contributed by atoms with Crippen molar-refractivity contribution in [2.45, 2.75) is 104 Å². The summed E-state index contributed by atoms with van der Waals surface area (Å²) in [6.45, 7) is 11.7. The van der Waals surface area contributed by atoms with Crippen LogP contribution in [0.1, 0.15) is 94.0 Å². The van der Waals surface area contributed by atoms with Crippen molar-refractivity contribution in [1.29, 1.82) is 0 Å². The van der Waals surface area contributed by atoms with Gasteiger partial charge in [-0.2, -0.15) is 0 Å². The van der Waals surface area contributed by atoms with Crippen LogP contribution in [0.25, 0.3) is 22.5 Å². The number of hydrogen-bond acceptors (Lipinski definition) is 8. The van der Waals surface area contributed by atoms with Gasteiger partial charge in [0.2, 0.25) is 11.8 Å². The number of amides is 4. The van der Waals surface area contributed by atoms with Crippen LogP contribution in [0, 0.1) is 18.8 Å². The van der Waals surface area contributed by atoms with Gasteiger partial charge < -0.3 is 36.1 Å². The number of carbonyl (C=O) groups is 5. The van der Waals surface area contributed by atoms with E-state index in [-0.39, 0.29) is 54.9 Å². The molecule has 1 saturated carbocycles. The number of aryl methyl sites for hydroxylation is 2. The van der Waals surface area contributed by atoms with Crippen molar-refractivity contribution in [2.75, 3.05) is 11.9 Å². The molecule has 14 nitrogen and oxygen atoms in total. The number of carbonyl (C=O) groups excluding carboxylic acids is 4. The maximum atomic E-state index is 13.9. The zero-order valence-electron chi connectivity index (χ0n) is 34.1. The SMILES string of the molecule is Cc1cc(C(=O)NC(C)C)ccc1-c1ccc(C[C@H](NC(=O)[C@H]2CC[C@H](CNC(=O)OC(C)(C)C)CC2)C(=O)Nc2ccc(-c3nnc(CCC(=O)O)[nH]3)cc2)cc1. The van der Waals surface area contributed by atoms with E-state index in [1.165, 1.54) is 0 Å². The van der Waals surface area contributed by atoms with Gasteiger partial charge in [-0.05, 0) is 132 Å². The van der Waals surface area contributed by atoms with Crippen LogP contribution in [-0.2, 0) is 32.0 Å². The number of anilines is 1. The van der Waals surface area contributed by atoms with Gasteiger partial charge in [-0.25, -0.2) is 4.79 Å². The van der Waals surface area contributed by atoms with Crippen LogP contribution in [0.5, 0.6) is 0 Å². The summed E-state index contributed by atoms with van der Waals surface area (Å²) in [5, 5.41) is 28.9. The van der Waals surface area contributed by atoms with E-state index in [2.05, 4.69) is 36.4 Å².